The van der Waals surface area contributed by atoms with Crippen molar-refractivity contribution in [3.8, 4) is 11.5 Å². The number of hydrogen-bond acceptors (Lipinski definition) is 2. The largest absolute Gasteiger partial charge is 0.457 e. The van der Waals surface area contributed by atoms with Crippen LogP contribution >= 0.6 is 0 Å². The van der Waals surface area contributed by atoms with Gasteiger partial charge in [-0.1, -0.05) is 24.6 Å². The number of para-hydroxylation sites is 1. The molecule has 2 aliphatic rings. The number of carbonyl (C=O) groups excluding carboxylic acids is 1. The number of fused-ring (bicyclic) bond motifs is 2. The SMILES string of the molecule is C[C@H](NC(=O)c1ccc(Oc2ccccc2)cc1)[C@H]1C[C@H]2CC[C@H]1C2. The lowest BCUT2D eigenvalue weighted by Gasteiger charge is -2.28. The third kappa shape index (κ3) is 3.55. The smallest absolute Gasteiger partial charge is 0.251 e. The number of nitrogens with one attached hydrogen (secondary N) is 1. The van der Waals surface area contributed by atoms with E-state index in [-0.39, 0.29) is 11.9 Å². The molecule has 0 spiro atoms. The van der Waals surface area contributed by atoms with E-state index >= 15 is 0 Å². The van der Waals surface area contributed by atoms with Crippen molar-refractivity contribution in [2.75, 3.05) is 0 Å². The summed E-state index contributed by atoms with van der Waals surface area (Å²) in [6, 6.07) is 17.3. The predicted molar refractivity (Wildman–Crippen MR) is 98.8 cm³/mol. The number of carbonyl (C=O) groups is 1. The summed E-state index contributed by atoms with van der Waals surface area (Å²) in [5.41, 5.74) is 0.690. The summed E-state index contributed by atoms with van der Waals surface area (Å²) in [4.78, 5) is 12.5. The molecule has 2 saturated carbocycles. The Morgan fingerprint density at radius 2 is 1.72 bits per heavy atom. The highest BCUT2D eigenvalue weighted by Gasteiger charge is 2.42. The van der Waals surface area contributed by atoms with Crippen LogP contribution in [0.5, 0.6) is 11.5 Å². The standard InChI is InChI=1S/C22H25NO2/c1-15(21-14-16-7-8-18(21)13-16)23-22(24)17-9-11-20(12-10-17)25-19-5-3-2-4-6-19/h2-6,9-12,15-16,18,21H,7-8,13-14H2,1H3,(H,23,24)/t15-,16-,18-,21+/m0/s1. The van der Waals surface area contributed by atoms with E-state index in [1.807, 2.05) is 54.6 Å². The Balaban J connectivity index is 1.35. The first kappa shape index (κ1) is 16.2. The van der Waals surface area contributed by atoms with E-state index in [1.54, 1.807) is 0 Å². The first-order valence-corrected chi connectivity index (χ1v) is 9.33. The quantitative estimate of drug-likeness (QED) is 0.832. The van der Waals surface area contributed by atoms with Gasteiger partial charge in [0, 0.05) is 11.6 Å². The number of benzene rings is 2. The molecular formula is C22H25NO2. The summed E-state index contributed by atoms with van der Waals surface area (Å²) in [7, 11) is 0. The van der Waals surface area contributed by atoms with Crippen LogP contribution in [0.25, 0.3) is 0 Å². The number of amides is 1. The second kappa shape index (κ2) is 6.91. The van der Waals surface area contributed by atoms with E-state index in [1.165, 1.54) is 25.7 Å². The van der Waals surface area contributed by atoms with Gasteiger partial charge in [0.2, 0.25) is 0 Å². The minimum absolute atomic E-state index is 0.0153. The molecule has 1 N–H and O–H groups in total. The van der Waals surface area contributed by atoms with Gasteiger partial charge in [0.15, 0.2) is 0 Å². The molecule has 2 bridgehead atoms. The maximum absolute atomic E-state index is 12.5. The van der Waals surface area contributed by atoms with Gasteiger partial charge in [-0.25, -0.2) is 0 Å². The molecule has 2 aromatic rings. The van der Waals surface area contributed by atoms with Crippen molar-refractivity contribution in [3.63, 3.8) is 0 Å². The van der Waals surface area contributed by atoms with Crippen LogP contribution < -0.4 is 10.1 Å². The van der Waals surface area contributed by atoms with Gasteiger partial charge in [-0.15, -0.1) is 0 Å². The molecule has 0 aliphatic heterocycles. The fourth-order valence-electron chi connectivity index (χ4n) is 4.60. The molecule has 0 unspecified atom stereocenters. The molecule has 0 heterocycles. The predicted octanol–water partition coefficient (Wildman–Crippen LogP) is 5.03. The van der Waals surface area contributed by atoms with Gasteiger partial charge in [0.1, 0.15) is 11.5 Å². The fraction of sp³-hybridized carbons (Fsp3) is 0.409. The maximum atomic E-state index is 12.5. The van der Waals surface area contributed by atoms with Crippen LogP contribution in [0.15, 0.2) is 54.6 Å². The normalized spacial score (nSPS) is 25.6. The molecule has 4 atom stereocenters. The van der Waals surface area contributed by atoms with Crippen molar-refractivity contribution in [1.82, 2.24) is 5.32 Å². The van der Waals surface area contributed by atoms with Crippen LogP contribution in [0.1, 0.15) is 43.0 Å². The zero-order valence-corrected chi connectivity index (χ0v) is 14.7. The maximum Gasteiger partial charge on any atom is 0.251 e. The summed E-state index contributed by atoms with van der Waals surface area (Å²) in [5, 5.41) is 3.21. The van der Waals surface area contributed by atoms with Gasteiger partial charge in [0.25, 0.3) is 5.91 Å². The Bertz CT molecular complexity index is 725. The summed E-state index contributed by atoms with van der Waals surface area (Å²) < 4.78 is 5.78. The van der Waals surface area contributed by atoms with Crippen LogP contribution in [0, 0.1) is 17.8 Å². The Kier molecular flexibility index (Phi) is 4.48. The van der Waals surface area contributed by atoms with E-state index in [2.05, 4.69) is 12.2 Å². The van der Waals surface area contributed by atoms with Crippen molar-refractivity contribution in [2.24, 2.45) is 17.8 Å². The monoisotopic (exact) mass is 335 g/mol. The zero-order valence-electron chi connectivity index (χ0n) is 14.7. The van der Waals surface area contributed by atoms with Gasteiger partial charge in [-0.2, -0.15) is 0 Å². The van der Waals surface area contributed by atoms with E-state index in [0.717, 1.165) is 23.3 Å². The molecule has 0 radical (unpaired) electrons. The minimum atomic E-state index is 0.0153. The Morgan fingerprint density at radius 3 is 2.36 bits per heavy atom. The Labute approximate surface area is 149 Å². The van der Waals surface area contributed by atoms with Gasteiger partial charge in [-0.05, 0) is 80.3 Å². The van der Waals surface area contributed by atoms with E-state index in [9.17, 15) is 4.79 Å². The first-order valence-electron chi connectivity index (χ1n) is 9.33. The first-order chi connectivity index (χ1) is 12.2. The highest BCUT2D eigenvalue weighted by molar-refractivity contribution is 5.94. The highest BCUT2D eigenvalue weighted by Crippen LogP contribution is 2.49. The van der Waals surface area contributed by atoms with Crippen LogP contribution in [-0.4, -0.2) is 11.9 Å². The number of ether oxygens (including phenoxy) is 1. The Morgan fingerprint density at radius 1 is 1.00 bits per heavy atom. The molecule has 2 fully saturated rings. The number of hydrogen-bond donors (Lipinski definition) is 1. The molecule has 0 saturated heterocycles. The molecule has 25 heavy (non-hydrogen) atoms. The average Bonchev–Trinajstić information content (AvgIpc) is 3.26. The van der Waals surface area contributed by atoms with Gasteiger partial charge in [0.05, 0.1) is 0 Å². The molecule has 4 rings (SSSR count). The van der Waals surface area contributed by atoms with Gasteiger partial charge in [-0.3, -0.25) is 4.79 Å². The molecular weight excluding hydrogens is 310 g/mol. The van der Waals surface area contributed by atoms with Crippen molar-refractivity contribution >= 4 is 5.91 Å². The summed E-state index contributed by atoms with van der Waals surface area (Å²) in [5.74, 6) is 3.93. The van der Waals surface area contributed by atoms with E-state index in [0.29, 0.717) is 11.5 Å². The molecule has 2 aliphatic carbocycles. The van der Waals surface area contributed by atoms with E-state index < -0.39 is 0 Å². The lowest BCUT2D eigenvalue weighted by molar-refractivity contribution is 0.0915. The van der Waals surface area contributed by atoms with E-state index in [4.69, 9.17) is 4.74 Å². The highest BCUT2D eigenvalue weighted by atomic mass is 16.5. The summed E-state index contributed by atoms with van der Waals surface area (Å²) in [6.07, 6.45) is 5.40. The molecule has 3 nitrogen and oxygen atoms in total. The van der Waals surface area contributed by atoms with Crippen LogP contribution in [0.4, 0.5) is 0 Å². The third-order valence-electron chi connectivity index (χ3n) is 5.89. The van der Waals surface area contributed by atoms with Crippen molar-refractivity contribution < 1.29 is 9.53 Å². The van der Waals surface area contributed by atoms with Crippen molar-refractivity contribution in [2.45, 2.75) is 38.6 Å². The second-order valence-corrected chi connectivity index (χ2v) is 7.54. The van der Waals surface area contributed by atoms with Gasteiger partial charge >= 0.3 is 0 Å². The van der Waals surface area contributed by atoms with Crippen molar-refractivity contribution in [1.29, 1.82) is 0 Å². The molecule has 130 valence electrons. The van der Waals surface area contributed by atoms with Crippen LogP contribution in [-0.2, 0) is 0 Å². The lowest BCUT2D eigenvalue weighted by atomic mass is 9.84. The average molecular weight is 335 g/mol. The molecule has 3 heteroatoms. The molecule has 0 aromatic heterocycles. The lowest BCUT2D eigenvalue weighted by Crippen LogP contribution is -2.40. The molecule has 2 aromatic carbocycles. The van der Waals surface area contributed by atoms with Crippen LogP contribution in [0.3, 0.4) is 0 Å². The Hall–Kier alpha value is -2.29. The fourth-order valence-corrected chi connectivity index (χ4v) is 4.60. The zero-order chi connectivity index (χ0) is 17.2. The van der Waals surface area contributed by atoms with Crippen LogP contribution in [0.2, 0.25) is 0 Å². The van der Waals surface area contributed by atoms with Gasteiger partial charge < -0.3 is 10.1 Å². The summed E-state index contributed by atoms with van der Waals surface area (Å²) in [6.45, 7) is 2.16. The second-order valence-electron chi connectivity index (χ2n) is 7.54. The minimum Gasteiger partial charge on any atom is -0.457 e. The summed E-state index contributed by atoms with van der Waals surface area (Å²) >= 11 is 0. The third-order valence-corrected chi connectivity index (χ3v) is 5.89. The number of rotatable bonds is 5. The van der Waals surface area contributed by atoms with Crippen molar-refractivity contribution in [3.05, 3.63) is 60.2 Å². The molecule has 1 amide bonds. The topological polar surface area (TPSA) is 38.3 Å².